The zero-order valence-electron chi connectivity index (χ0n) is 20.5. The van der Waals surface area contributed by atoms with Gasteiger partial charge in [0.15, 0.2) is 5.82 Å². The monoisotopic (exact) mass is 501 g/mol. The Morgan fingerprint density at radius 3 is 2.42 bits per heavy atom. The van der Waals surface area contributed by atoms with E-state index in [1.54, 1.807) is 0 Å². The number of amides is 1. The molecule has 36 heavy (non-hydrogen) atoms. The molecule has 1 aromatic heterocycles. The molecule has 186 valence electrons. The van der Waals surface area contributed by atoms with Crippen molar-refractivity contribution in [2.75, 3.05) is 50.7 Å². The van der Waals surface area contributed by atoms with Gasteiger partial charge in [0.2, 0.25) is 5.91 Å². The predicted octanol–water partition coefficient (Wildman–Crippen LogP) is 4.87. The highest BCUT2D eigenvalue weighted by molar-refractivity contribution is 6.30. The van der Waals surface area contributed by atoms with E-state index in [-0.39, 0.29) is 11.8 Å². The van der Waals surface area contributed by atoms with Crippen molar-refractivity contribution < 1.29 is 4.79 Å². The molecule has 0 spiro atoms. The summed E-state index contributed by atoms with van der Waals surface area (Å²) in [6, 6.07) is 22.0. The van der Waals surface area contributed by atoms with Crippen molar-refractivity contribution in [2.24, 2.45) is 5.92 Å². The van der Waals surface area contributed by atoms with Gasteiger partial charge in [0.05, 0.1) is 11.6 Å². The number of rotatable bonds is 6. The van der Waals surface area contributed by atoms with Crippen LogP contribution in [-0.2, 0) is 4.79 Å². The first-order valence-electron chi connectivity index (χ1n) is 12.7. The molecule has 2 fully saturated rings. The second-order valence-electron chi connectivity index (χ2n) is 9.51. The maximum Gasteiger partial charge on any atom is 0.227 e. The van der Waals surface area contributed by atoms with E-state index in [4.69, 9.17) is 11.6 Å². The molecule has 0 saturated carbocycles. The summed E-state index contributed by atoms with van der Waals surface area (Å²) in [6.07, 6.45) is 6.30. The molecule has 6 nitrogen and oxygen atoms in total. The van der Waals surface area contributed by atoms with Crippen LogP contribution in [0, 0.1) is 5.92 Å². The summed E-state index contributed by atoms with van der Waals surface area (Å²) in [6.45, 7) is 5.94. The number of anilines is 1. The standard InChI is InChI=1S/C29H32ClN5O/c30-26-12-10-24(11-13-26)27-14-15-28(32-31-27)35-17-5-9-25(22-35)29(36)34-20-18-33(19-21-34)16-4-8-23-6-2-1-3-7-23/h1-4,6-8,10-15,25H,5,9,16-22H2/b8-4+. The molecule has 1 amide bonds. The summed E-state index contributed by atoms with van der Waals surface area (Å²) in [5.74, 6) is 1.13. The third-order valence-corrected chi connectivity index (χ3v) is 7.29. The average Bonchev–Trinajstić information content (AvgIpc) is 2.94. The van der Waals surface area contributed by atoms with Crippen LogP contribution in [0.15, 0.2) is 72.8 Å². The molecule has 1 unspecified atom stereocenters. The Labute approximate surface area is 218 Å². The van der Waals surface area contributed by atoms with Gasteiger partial charge in [-0.15, -0.1) is 10.2 Å². The Morgan fingerprint density at radius 1 is 0.917 bits per heavy atom. The number of piperidine rings is 1. The SMILES string of the molecule is O=C(C1CCCN(c2ccc(-c3ccc(Cl)cc3)nn2)C1)N1CCN(C/C=C/c2ccccc2)CC1. The van der Waals surface area contributed by atoms with Crippen molar-refractivity contribution in [2.45, 2.75) is 12.8 Å². The van der Waals surface area contributed by atoms with Crippen molar-refractivity contribution in [3.05, 3.63) is 83.4 Å². The predicted molar refractivity (Wildman–Crippen MR) is 146 cm³/mol. The minimum Gasteiger partial charge on any atom is -0.354 e. The first kappa shape index (κ1) is 24.5. The Bertz CT molecular complexity index is 1160. The van der Waals surface area contributed by atoms with Crippen LogP contribution in [0.2, 0.25) is 5.02 Å². The van der Waals surface area contributed by atoms with Crippen molar-refractivity contribution in [1.82, 2.24) is 20.0 Å². The lowest BCUT2D eigenvalue weighted by Gasteiger charge is -2.39. The molecular formula is C29H32ClN5O. The highest BCUT2D eigenvalue weighted by Crippen LogP contribution is 2.25. The first-order chi connectivity index (χ1) is 17.7. The molecule has 2 aliphatic heterocycles. The normalized spacial score (nSPS) is 19.1. The van der Waals surface area contributed by atoms with Crippen LogP contribution in [0.25, 0.3) is 17.3 Å². The maximum absolute atomic E-state index is 13.3. The van der Waals surface area contributed by atoms with Crippen LogP contribution in [0.3, 0.4) is 0 Å². The number of nitrogens with zero attached hydrogens (tertiary/aromatic N) is 5. The molecule has 0 aliphatic carbocycles. The third kappa shape index (κ3) is 6.12. The highest BCUT2D eigenvalue weighted by atomic mass is 35.5. The van der Waals surface area contributed by atoms with Crippen LogP contribution in [0.4, 0.5) is 5.82 Å². The van der Waals surface area contributed by atoms with Crippen molar-refractivity contribution >= 4 is 29.4 Å². The van der Waals surface area contributed by atoms with E-state index in [0.717, 1.165) is 69.2 Å². The van der Waals surface area contributed by atoms with E-state index < -0.39 is 0 Å². The minimum absolute atomic E-state index is 0.0148. The van der Waals surface area contributed by atoms with Crippen LogP contribution < -0.4 is 4.90 Å². The molecule has 3 heterocycles. The number of aromatic nitrogens is 2. The largest absolute Gasteiger partial charge is 0.354 e. The molecule has 0 radical (unpaired) electrons. The Kier molecular flexibility index (Phi) is 7.94. The summed E-state index contributed by atoms with van der Waals surface area (Å²) in [4.78, 5) is 20.0. The lowest BCUT2D eigenvalue weighted by molar-refractivity contribution is -0.137. The van der Waals surface area contributed by atoms with Gasteiger partial charge in [-0.1, -0.05) is 66.2 Å². The minimum atomic E-state index is 0.0148. The zero-order chi connectivity index (χ0) is 24.7. The third-order valence-electron chi connectivity index (χ3n) is 7.04. The van der Waals surface area contributed by atoms with Crippen LogP contribution >= 0.6 is 11.6 Å². The van der Waals surface area contributed by atoms with Gasteiger partial charge in [0.1, 0.15) is 0 Å². The van der Waals surface area contributed by atoms with E-state index >= 15 is 0 Å². The maximum atomic E-state index is 13.3. The molecular weight excluding hydrogens is 470 g/mol. The number of carbonyl (C=O) groups is 1. The smallest absolute Gasteiger partial charge is 0.227 e. The molecule has 2 aromatic carbocycles. The van der Waals surface area contributed by atoms with Crippen molar-refractivity contribution in [3.8, 4) is 11.3 Å². The highest BCUT2D eigenvalue weighted by Gasteiger charge is 2.31. The Hall–Kier alpha value is -3.22. The number of piperazine rings is 1. The first-order valence-corrected chi connectivity index (χ1v) is 13.1. The summed E-state index contributed by atoms with van der Waals surface area (Å²) in [7, 11) is 0. The molecule has 0 N–H and O–H groups in total. The summed E-state index contributed by atoms with van der Waals surface area (Å²) >= 11 is 5.99. The van der Waals surface area contributed by atoms with Gasteiger partial charge in [-0.25, -0.2) is 0 Å². The number of carbonyl (C=O) groups excluding carboxylic acids is 1. The summed E-state index contributed by atoms with van der Waals surface area (Å²) < 4.78 is 0. The van der Waals surface area contributed by atoms with E-state index in [9.17, 15) is 4.79 Å². The van der Waals surface area contributed by atoms with E-state index in [1.807, 2.05) is 42.5 Å². The molecule has 5 rings (SSSR count). The number of benzene rings is 2. The van der Waals surface area contributed by atoms with Gasteiger partial charge in [0.25, 0.3) is 0 Å². The lowest BCUT2D eigenvalue weighted by Crippen LogP contribution is -2.52. The second kappa shape index (κ2) is 11.7. The van der Waals surface area contributed by atoms with Crippen LogP contribution in [-0.4, -0.2) is 71.7 Å². The summed E-state index contributed by atoms with van der Waals surface area (Å²) in [5, 5.41) is 9.60. The van der Waals surface area contributed by atoms with Crippen molar-refractivity contribution in [3.63, 3.8) is 0 Å². The van der Waals surface area contributed by atoms with E-state index in [1.165, 1.54) is 5.56 Å². The summed E-state index contributed by atoms with van der Waals surface area (Å²) in [5.41, 5.74) is 3.02. The number of halogens is 1. The number of hydrogen-bond acceptors (Lipinski definition) is 5. The molecule has 2 saturated heterocycles. The molecule has 7 heteroatoms. The number of hydrogen-bond donors (Lipinski definition) is 0. The lowest BCUT2D eigenvalue weighted by atomic mass is 9.96. The Balaban J connectivity index is 1.12. The van der Waals surface area contributed by atoms with Crippen LogP contribution in [0.1, 0.15) is 18.4 Å². The fraction of sp³-hybridized carbons (Fsp3) is 0.345. The van der Waals surface area contributed by atoms with Crippen molar-refractivity contribution in [1.29, 1.82) is 0 Å². The van der Waals surface area contributed by atoms with Gasteiger partial charge in [0, 0.05) is 56.4 Å². The molecule has 1 atom stereocenters. The van der Waals surface area contributed by atoms with Gasteiger partial charge < -0.3 is 9.80 Å². The van der Waals surface area contributed by atoms with Gasteiger partial charge >= 0.3 is 0 Å². The second-order valence-corrected chi connectivity index (χ2v) is 9.94. The van der Waals surface area contributed by atoms with Gasteiger partial charge in [-0.05, 0) is 42.7 Å². The molecule has 0 bridgehead atoms. The fourth-order valence-corrected chi connectivity index (χ4v) is 5.09. The zero-order valence-corrected chi connectivity index (χ0v) is 21.2. The Morgan fingerprint density at radius 2 is 1.69 bits per heavy atom. The fourth-order valence-electron chi connectivity index (χ4n) is 4.97. The topological polar surface area (TPSA) is 52.6 Å². The van der Waals surface area contributed by atoms with Crippen LogP contribution in [0.5, 0.6) is 0 Å². The average molecular weight is 502 g/mol. The quantitative estimate of drug-likeness (QED) is 0.482. The van der Waals surface area contributed by atoms with Gasteiger partial charge in [-0.3, -0.25) is 9.69 Å². The molecule has 3 aromatic rings. The molecule has 2 aliphatic rings. The van der Waals surface area contributed by atoms with E-state index in [0.29, 0.717) is 11.6 Å². The van der Waals surface area contributed by atoms with Gasteiger partial charge in [-0.2, -0.15) is 0 Å². The van der Waals surface area contributed by atoms with E-state index in [2.05, 4.69) is 61.3 Å².